The van der Waals surface area contributed by atoms with E-state index in [-0.39, 0.29) is 18.1 Å². The summed E-state index contributed by atoms with van der Waals surface area (Å²) in [5.41, 5.74) is 3.90. The summed E-state index contributed by atoms with van der Waals surface area (Å²) in [6.45, 7) is 3.54. The van der Waals surface area contributed by atoms with Gasteiger partial charge in [0, 0.05) is 17.4 Å². The van der Waals surface area contributed by atoms with Gasteiger partial charge in [0.15, 0.2) is 0 Å². The van der Waals surface area contributed by atoms with Gasteiger partial charge in [-0.3, -0.25) is 9.63 Å². The highest BCUT2D eigenvalue weighted by Gasteiger charge is 2.51. The maximum absolute atomic E-state index is 14.0. The van der Waals surface area contributed by atoms with Crippen LogP contribution in [0, 0.1) is 6.92 Å². The van der Waals surface area contributed by atoms with Crippen molar-refractivity contribution in [3.05, 3.63) is 64.2 Å². The van der Waals surface area contributed by atoms with Gasteiger partial charge in [-0.05, 0) is 59.7 Å². The van der Waals surface area contributed by atoms with E-state index in [0.29, 0.717) is 42.6 Å². The molecule has 1 fully saturated rings. The summed E-state index contributed by atoms with van der Waals surface area (Å²) in [5, 5.41) is 13.8. The molecule has 3 aromatic rings. The Balaban J connectivity index is 1.68. The minimum Gasteiger partial charge on any atom is -0.273 e. The second-order valence-corrected chi connectivity index (χ2v) is 8.23. The molecule has 1 aliphatic carbocycles. The van der Waals surface area contributed by atoms with Crippen LogP contribution in [-0.2, 0) is 27.8 Å². The van der Waals surface area contributed by atoms with Crippen molar-refractivity contribution in [2.45, 2.75) is 57.7 Å². The van der Waals surface area contributed by atoms with Crippen LogP contribution < -0.4 is 5.48 Å². The van der Waals surface area contributed by atoms with Gasteiger partial charge in [-0.15, -0.1) is 10.2 Å². The Hall–Kier alpha value is -3.27. The van der Waals surface area contributed by atoms with Crippen molar-refractivity contribution < 1.29 is 22.8 Å². The maximum Gasteiger partial charge on any atom is 0.416 e. The van der Waals surface area contributed by atoms with Crippen LogP contribution in [0.15, 0.2) is 36.4 Å². The van der Waals surface area contributed by atoms with Gasteiger partial charge < -0.3 is 0 Å². The molecule has 174 valence electrons. The SMILES string of the molecule is CCCC(=O)NOCc1ccc(C(F)(F)F)c(C2(c3ccc(-c4nn[nH]n4)cc3)CC2)c1C. The molecule has 1 aromatic heterocycles. The Labute approximate surface area is 188 Å². The second kappa shape index (κ2) is 8.93. The van der Waals surface area contributed by atoms with Crippen LogP contribution in [-0.4, -0.2) is 26.5 Å². The molecule has 0 atom stereocenters. The Morgan fingerprint density at radius 2 is 1.91 bits per heavy atom. The Morgan fingerprint density at radius 3 is 2.48 bits per heavy atom. The number of aromatic nitrogens is 4. The van der Waals surface area contributed by atoms with Crippen molar-refractivity contribution in [3.63, 3.8) is 0 Å². The maximum atomic E-state index is 14.0. The molecular weight excluding hydrogens is 435 g/mol. The van der Waals surface area contributed by atoms with Gasteiger partial charge in [-0.1, -0.05) is 37.3 Å². The zero-order chi connectivity index (χ0) is 23.6. The number of benzene rings is 2. The quantitative estimate of drug-likeness (QED) is 0.480. The number of halogens is 3. The Kier molecular flexibility index (Phi) is 6.20. The predicted molar refractivity (Wildman–Crippen MR) is 114 cm³/mol. The molecule has 0 saturated heterocycles. The summed E-state index contributed by atoms with van der Waals surface area (Å²) in [7, 11) is 0. The second-order valence-electron chi connectivity index (χ2n) is 8.23. The van der Waals surface area contributed by atoms with Crippen LogP contribution in [0.25, 0.3) is 11.4 Å². The molecule has 1 saturated carbocycles. The van der Waals surface area contributed by atoms with Crippen LogP contribution in [0.1, 0.15) is 60.4 Å². The minimum atomic E-state index is -4.49. The normalized spacial score (nSPS) is 14.8. The molecule has 1 heterocycles. The Bertz CT molecular complexity index is 1120. The fourth-order valence-corrected chi connectivity index (χ4v) is 4.27. The molecule has 2 N–H and O–H groups in total. The third-order valence-corrected chi connectivity index (χ3v) is 6.04. The molecule has 7 nitrogen and oxygen atoms in total. The van der Waals surface area contributed by atoms with Crippen molar-refractivity contribution in [2.24, 2.45) is 0 Å². The van der Waals surface area contributed by atoms with E-state index >= 15 is 0 Å². The number of tetrazole rings is 1. The summed E-state index contributed by atoms with van der Waals surface area (Å²) in [5.74, 6) is 0.158. The number of hydrogen-bond acceptors (Lipinski definition) is 5. The van der Waals surface area contributed by atoms with Gasteiger partial charge in [0.05, 0.1) is 5.56 Å². The van der Waals surface area contributed by atoms with E-state index < -0.39 is 17.2 Å². The molecular formula is C23H24F3N5O2. The first-order valence-electron chi connectivity index (χ1n) is 10.7. The van der Waals surface area contributed by atoms with Crippen LogP contribution in [0.3, 0.4) is 0 Å². The van der Waals surface area contributed by atoms with Crippen LogP contribution >= 0.6 is 0 Å². The third kappa shape index (κ3) is 4.61. The number of aromatic amines is 1. The number of hydroxylamine groups is 1. The molecule has 33 heavy (non-hydrogen) atoms. The predicted octanol–water partition coefficient (Wildman–Crippen LogP) is 4.62. The summed E-state index contributed by atoms with van der Waals surface area (Å²) >= 11 is 0. The molecule has 0 spiro atoms. The number of H-pyrrole nitrogens is 1. The largest absolute Gasteiger partial charge is 0.416 e. The van der Waals surface area contributed by atoms with Gasteiger partial charge in [0.1, 0.15) is 6.61 Å². The van der Waals surface area contributed by atoms with Crippen molar-refractivity contribution >= 4 is 5.91 Å². The number of nitrogens with one attached hydrogen (secondary N) is 2. The number of nitrogens with zero attached hydrogens (tertiary/aromatic N) is 3. The first-order valence-corrected chi connectivity index (χ1v) is 10.7. The van der Waals surface area contributed by atoms with Crippen molar-refractivity contribution in [1.82, 2.24) is 26.1 Å². The lowest BCUT2D eigenvalue weighted by molar-refractivity contribution is -0.138. The smallest absolute Gasteiger partial charge is 0.273 e. The highest BCUT2D eigenvalue weighted by Crippen LogP contribution is 2.57. The molecule has 1 amide bonds. The number of carbonyl (C=O) groups is 1. The van der Waals surface area contributed by atoms with Crippen molar-refractivity contribution in [2.75, 3.05) is 0 Å². The molecule has 0 aliphatic heterocycles. The third-order valence-electron chi connectivity index (χ3n) is 6.04. The van der Waals surface area contributed by atoms with Gasteiger partial charge in [0.2, 0.25) is 11.7 Å². The van der Waals surface area contributed by atoms with Crippen LogP contribution in [0.5, 0.6) is 0 Å². The first kappa shape index (κ1) is 22.9. The van der Waals surface area contributed by atoms with Gasteiger partial charge in [0.25, 0.3) is 0 Å². The van der Waals surface area contributed by atoms with Crippen molar-refractivity contribution in [1.29, 1.82) is 0 Å². The number of rotatable bonds is 8. The monoisotopic (exact) mass is 459 g/mol. The van der Waals surface area contributed by atoms with E-state index in [1.165, 1.54) is 6.07 Å². The molecule has 2 aromatic carbocycles. The summed E-state index contributed by atoms with van der Waals surface area (Å²) in [6.07, 6.45) is -2.28. The van der Waals surface area contributed by atoms with E-state index in [9.17, 15) is 18.0 Å². The van der Waals surface area contributed by atoms with Crippen LogP contribution in [0.4, 0.5) is 13.2 Å². The molecule has 4 rings (SSSR count). The van der Waals surface area contributed by atoms with E-state index in [1.807, 2.05) is 19.1 Å². The fraction of sp³-hybridized carbons (Fsp3) is 0.391. The zero-order valence-corrected chi connectivity index (χ0v) is 18.3. The zero-order valence-electron chi connectivity index (χ0n) is 18.3. The van der Waals surface area contributed by atoms with E-state index in [4.69, 9.17) is 4.84 Å². The van der Waals surface area contributed by atoms with E-state index in [1.54, 1.807) is 19.1 Å². The molecule has 0 unspecified atom stereocenters. The number of hydrogen-bond donors (Lipinski definition) is 2. The average molecular weight is 459 g/mol. The summed E-state index contributed by atoms with van der Waals surface area (Å²) in [4.78, 5) is 16.9. The van der Waals surface area contributed by atoms with Gasteiger partial charge in [-0.2, -0.15) is 18.4 Å². The highest BCUT2D eigenvalue weighted by atomic mass is 19.4. The molecule has 0 radical (unpaired) electrons. The Morgan fingerprint density at radius 1 is 1.18 bits per heavy atom. The molecule has 0 bridgehead atoms. The van der Waals surface area contributed by atoms with E-state index in [0.717, 1.165) is 17.2 Å². The minimum absolute atomic E-state index is 0.0146. The molecule has 1 aliphatic rings. The lowest BCUT2D eigenvalue weighted by atomic mass is 9.80. The van der Waals surface area contributed by atoms with E-state index in [2.05, 4.69) is 26.1 Å². The summed E-state index contributed by atoms with van der Waals surface area (Å²) in [6, 6.07) is 9.77. The number of carbonyl (C=O) groups excluding carboxylic acids is 1. The highest BCUT2D eigenvalue weighted by molar-refractivity contribution is 5.74. The molecule has 10 heteroatoms. The standard InChI is InChI=1S/C23H24F3N5O2/c1-3-4-19(32)29-33-13-16-7-10-18(23(24,25)26)20(14(16)2)22(11-12-22)17-8-5-15(6-9-17)21-27-30-31-28-21/h5-10H,3-4,11-13H2,1-2H3,(H,29,32)(H,27,28,30,31). The number of amides is 1. The fourth-order valence-electron chi connectivity index (χ4n) is 4.27. The van der Waals surface area contributed by atoms with Crippen LogP contribution in [0.2, 0.25) is 0 Å². The van der Waals surface area contributed by atoms with Crippen molar-refractivity contribution in [3.8, 4) is 11.4 Å². The first-order chi connectivity index (χ1) is 15.8. The summed E-state index contributed by atoms with van der Waals surface area (Å²) < 4.78 is 42.0. The van der Waals surface area contributed by atoms with Gasteiger partial charge in [-0.25, -0.2) is 5.48 Å². The topological polar surface area (TPSA) is 92.8 Å². The van der Waals surface area contributed by atoms with Gasteiger partial charge >= 0.3 is 6.18 Å². The average Bonchev–Trinajstić information content (AvgIpc) is 3.38. The lowest BCUT2D eigenvalue weighted by Crippen LogP contribution is -2.24. The number of alkyl halides is 3. The lowest BCUT2D eigenvalue weighted by Gasteiger charge is -2.26.